The Kier molecular flexibility index (Phi) is 2.76. The molecule has 0 unspecified atom stereocenters. The van der Waals surface area contributed by atoms with Crippen molar-refractivity contribution < 1.29 is 21.6 Å². The maximum Gasteiger partial charge on any atom is 0.280 e. The summed E-state index contributed by atoms with van der Waals surface area (Å²) in [5.74, 6) is -1.31. The van der Waals surface area contributed by atoms with Gasteiger partial charge in [0.25, 0.3) is 6.43 Å². The Hall–Kier alpha value is -1.15. The first-order valence-electron chi connectivity index (χ1n) is 3.29. The van der Waals surface area contributed by atoms with Gasteiger partial charge in [0.2, 0.25) is 16.0 Å². The number of rotatable bonds is 2. The summed E-state index contributed by atoms with van der Waals surface area (Å²) in [5.41, 5.74) is -0.964. The largest absolute Gasteiger partial charge is 0.280 e. The Balaban J connectivity index is 3.35. The van der Waals surface area contributed by atoms with Gasteiger partial charge in [0.1, 0.15) is 5.69 Å². The number of alkyl halides is 2. The van der Waals surface area contributed by atoms with Gasteiger partial charge in [0.15, 0.2) is 0 Å². The second kappa shape index (κ2) is 3.54. The van der Waals surface area contributed by atoms with Crippen molar-refractivity contribution in [3.8, 4) is 0 Å². The minimum atomic E-state index is -4.19. The third-order valence-corrected chi connectivity index (χ3v) is 2.23. The molecule has 0 atom stereocenters. The summed E-state index contributed by atoms with van der Waals surface area (Å²) in [6, 6.07) is 1.00. The number of nitrogens with two attached hydrogens (primary N) is 1. The Morgan fingerprint density at radius 2 is 1.93 bits per heavy atom. The van der Waals surface area contributed by atoms with Crippen molar-refractivity contribution in [2.45, 2.75) is 11.3 Å². The lowest BCUT2D eigenvalue weighted by Crippen LogP contribution is -2.13. The second-order valence-electron chi connectivity index (χ2n) is 2.40. The molecule has 0 radical (unpaired) electrons. The van der Waals surface area contributed by atoms with E-state index < -0.39 is 33.0 Å². The van der Waals surface area contributed by atoms with E-state index in [1.54, 1.807) is 0 Å². The highest BCUT2D eigenvalue weighted by molar-refractivity contribution is 7.89. The summed E-state index contributed by atoms with van der Waals surface area (Å²) in [7, 11) is -4.19. The smallest absolute Gasteiger partial charge is 0.225 e. The van der Waals surface area contributed by atoms with Crippen LogP contribution in [-0.4, -0.2) is 13.4 Å². The molecular formula is C6H5F3N2O2S. The third-order valence-electron chi connectivity index (χ3n) is 1.34. The van der Waals surface area contributed by atoms with Crippen molar-refractivity contribution in [1.29, 1.82) is 0 Å². The highest BCUT2D eigenvalue weighted by atomic mass is 32.2. The Labute approximate surface area is 77.6 Å². The molecule has 8 heteroatoms. The normalized spacial score (nSPS) is 12.1. The zero-order chi connectivity index (χ0) is 10.9. The molecule has 4 nitrogen and oxygen atoms in total. The van der Waals surface area contributed by atoms with Crippen molar-refractivity contribution in [2.24, 2.45) is 5.14 Å². The van der Waals surface area contributed by atoms with Crippen LogP contribution in [0.1, 0.15) is 12.1 Å². The van der Waals surface area contributed by atoms with Gasteiger partial charge in [-0.05, 0) is 6.07 Å². The molecule has 2 N–H and O–H groups in total. The zero-order valence-electron chi connectivity index (χ0n) is 6.62. The average Bonchev–Trinajstić information content (AvgIpc) is 2.01. The van der Waals surface area contributed by atoms with Crippen molar-refractivity contribution in [3.05, 3.63) is 23.8 Å². The lowest BCUT2D eigenvalue weighted by molar-refractivity contribution is 0.144. The summed E-state index contributed by atoms with van der Waals surface area (Å²) in [5, 5.41) is 4.63. The summed E-state index contributed by atoms with van der Waals surface area (Å²) < 4.78 is 58.1. The summed E-state index contributed by atoms with van der Waals surface area (Å²) in [4.78, 5) is 2.09. The summed E-state index contributed by atoms with van der Waals surface area (Å²) >= 11 is 0. The lowest BCUT2D eigenvalue weighted by Gasteiger charge is -2.02. The van der Waals surface area contributed by atoms with Crippen molar-refractivity contribution in [1.82, 2.24) is 4.98 Å². The van der Waals surface area contributed by atoms with Gasteiger partial charge in [-0.15, -0.1) is 0 Å². The van der Waals surface area contributed by atoms with Gasteiger partial charge in [-0.3, -0.25) is 0 Å². The van der Waals surface area contributed by atoms with Gasteiger partial charge in [-0.1, -0.05) is 0 Å². The van der Waals surface area contributed by atoms with Crippen LogP contribution < -0.4 is 5.14 Å². The van der Waals surface area contributed by atoms with Crippen LogP contribution in [0.15, 0.2) is 17.0 Å². The highest BCUT2D eigenvalue weighted by Crippen LogP contribution is 2.19. The molecule has 0 aliphatic heterocycles. The lowest BCUT2D eigenvalue weighted by atomic mass is 10.3. The number of pyridine rings is 1. The first kappa shape index (κ1) is 10.9. The first-order valence-corrected chi connectivity index (χ1v) is 4.84. The first-order chi connectivity index (χ1) is 6.30. The van der Waals surface area contributed by atoms with Crippen molar-refractivity contribution in [3.63, 3.8) is 0 Å². The Morgan fingerprint density at radius 1 is 1.36 bits per heavy atom. The molecule has 0 amide bonds. The molecule has 1 rings (SSSR count). The van der Waals surface area contributed by atoms with Crippen LogP contribution >= 0.6 is 0 Å². The monoisotopic (exact) mass is 226 g/mol. The van der Waals surface area contributed by atoms with Gasteiger partial charge in [-0.25, -0.2) is 27.3 Å². The highest BCUT2D eigenvalue weighted by Gasteiger charge is 2.16. The topological polar surface area (TPSA) is 73.1 Å². The van der Waals surface area contributed by atoms with Gasteiger partial charge >= 0.3 is 0 Å². The standard InChI is InChI=1S/C6H5F3N2O2S/c7-5-2-3(14(10,12)13)1-4(11-5)6(8)9/h1-2,6H,(H2,10,12,13). The molecule has 0 bridgehead atoms. The second-order valence-corrected chi connectivity index (χ2v) is 3.96. The molecule has 0 saturated carbocycles. The predicted molar refractivity (Wildman–Crippen MR) is 40.5 cm³/mol. The van der Waals surface area contributed by atoms with Crippen LogP contribution in [0.5, 0.6) is 0 Å². The number of hydrogen-bond acceptors (Lipinski definition) is 3. The fourth-order valence-corrected chi connectivity index (χ4v) is 1.32. The quantitative estimate of drug-likeness (QED) is 0.758. The van der Waals surface area contributed by atoms with E-state index in [9.17, 15) is 21.6 Å². The molecular weight excluding hydrogens is 221 g/mol. The van der Waals surface area contributed by atoms with Crippen LogP contribution in [-0.2, 0) is 10.0 Å². The average molecular weight is 226 g/mol. The maximum absolute atomic E-state index is 12.6. The zero-order valence-corrected chi connectivity index (χ0v) is 7.43. The molecule has 0 spiro atoms. The number of hydrogen-bond donors (Lipinski definition) is 1. The molecule has 0 aromatic carbocycles. The predicted octanol–water partition coefficient (Wildman–Crippen LogP) is 0.806. The van der Waals surface area contributed by atoms with Gasteiger partial charge in [0.05, 0.1) is 4.90 Å². The van der Waals surface area contributed by atoms with Crippen molar-refractivity contribution in [2.75, 3.05) is 0 Å². The van der Waals surface area contributed by atoms with E-state index in [4.69, 9.17) is 0 Å². The molecule has 0 aliphatic carbocycles. The molecule has 1 aromatic rings. The fourth-order valence-electron chi connectivity index (χ4n) is 0.769. The van der Waals surface area contributed by atoms with Crippen LogP contribution in [0.2, 0.25) is 0 Å². The molecule has 1 heterocycles. The van der Waals surface area contributed by atoms with Gasteiger partial charge in [0, 0.05) is 6.07 Å². The number of aromatic nitrogens is 1. The Bertz CT molecular complexity index is 446. The van der Waals surface area contributed by atoms with Crippen LogP contribution in [0.25, 0.3) is 0 Å². The van der Waals surface area contributed by atoms with E-state index >= 15 is 0 Å². The Morgan fingerprint density at radius 3 is 2.36 bits per heavy atom. The van der Waals surface area contributed by atoms with E-state index in [0.29, 0.717) is 12.1 Å². The van der Waals surface area contributed by atoms with Gasteiger partial charge in [-0.2, -0.15) is 4.39 Å². The number of nitrogens with zero attached hydrogens (tertiary/aromatic N) is 1. The van der Waals surface area contributed by atoms with E-state index in [0.717, 1.165) is 0 Å². The number of primary sulfonamides is 1. The maximum atomic E-state index is 12.6. The minimum Gasteiger partial charge on any atom is -0.225 e. The molecule has 14 heavy (non-hydrogen) atoms. The van der Waals surface area contributed by atoms with E-state index in [-0.39, 0.29) is 0 Å². The van der Waals surface area contributed by atoms with E-state index in [1.165, 1.54) is 0 Å². The molecule has 0 aliphatic rings. The van der Waals surface area contributed by atoms with Crippen molar-refractivity contribution >= 4 is 10.0 Å². The molecule has 78 valence electrons. The molecule has 0 saturated heterocycles. The molecule has 1 aromatic heterocycles. The SMILES string of the molecule is NS(=O)(=O)c1cc(F)nc(C(F)F)c1. The van der Waals surface area contributed by atoms with Gasteiger partial charge < -0.3 is 0 Å². The van der Waals surface area contributed by atoms with Crippen LogP contribution in [0.3, 0.4) is 0 Å². The fraction of sp³-hybridized carbons (Fsp3) is 0.167. The summed E-state index contributed by atoms with van der Waals surface area (Å²) in [6.07, 6.45) is -3.05. The van der Waals surface area contributed by atoms with E-state index in [2.05, 4.69) is 10.1 Å². The number of sulfonamides is 1. The number of halogens is 3. The molecule has 0 fully saturated rings. The third kappa shape index (κ3) is 2.42. The minimum absolute atomic E-state index is 0.473. The van der Waals surface area contributed by atoms with Crippen LogP contribution in [0.4, 0.5) is 13.2 Å². The van der Waals surface area contributed by atoms with E-state index in [1.807, 2.05) is 0 Å². The summed E-state index contributed by atoms with van der Waals surface area (Å²) in [6.45, 7) is 0. The van der Waals surface area contributed by atoms with Crippen LogP contribution in [0, 0.1) is 5.95 Å².